The first-order chi connectivity index (χ1) is 18.2. The Balaban J connectivity index is 1.74. The number of Topliss-reactive ketones (excluding diaryl/α,β-unsaturated/α-hetero) is 1. The summed E-state index contributed by atoms with van der Waals surface area (Å²) < 4.78 is 5.38. The topological polar surface area (TPSA) is 114 Å². The number of carbonyl (C=O) groups is 1. The van der Waals surface area contributed by atoms with Gasteiger partial charge in [0.1, 0.15) is 18.1 Å². The van der Waals surface area contributed by atoms with Crippen molar-refractivity contribution in [3.05, 3.63) is 47.5 Å². The first-order valence-corrected chi connectivity index (χ1v) is 13.8. The van der Waals surface area contributed by atoms with Gasteiger partial charge < -0.3 is 35.0 Å². The molecule has 0 aliphatic heterocycles. The number of aliphatic hydroxyl groups excluding tert-OH is 2. The van der Waals surface area contributed by atoms with Crippen LogP contribution in [0.2, 0.25) is 0 Å². The van der Waals surface area contributed by atoms with E-state index in [-0.39, 0.29) is 29.5 Å². The van der Waals surface area contributed by atoms with Gasteiger partial charge in [-0.05, 0) is 43.9 Å². The SMILES string of the molecule is CCCN(CCC)c1ccc(C2C(O)C(c3c(O)cc(N(CCC)CCOCC(C)=O)cc3O)C2O)cc1. The van der Waals surface area contributed by atoms with Gasteiger partial charge in [-0.3, -0.25) is 4.79 Å². The molecule has 1 aliphatic carbocycles. The number of anilines is 2. The van der Waals surface area contributed by atoms with Gasteiger partial charge in [-0.1, -0.05) is 32.9 Å². The second-order valence-electron chi connectivity index (χ2n) is 10.3. The number of ketones is 1. The third-order valence-electron chi connectivity index (χ3n) is 7.23. The number of benzene rings is 2. The Bertz CT molecular complexity index is 1000. The van der Waals surface area contributed by atoms with Crippen LogP contribution in [0, 0.1) is 0 Å². The highest BCUT2D eigenvalue weighted by Gasteiger charge is 2.52. The van der Waals surface area contributed by atoms with Crippen LogP contribution >= 0.6 is 0 Å². The largest absolute Gasteiger partial charge is 0.507 e. The second kappa shape index (κ2) is 13.8. The minimum Gasteiger partial charge on any atom is -0.507 e. The predicted octanol–water partition coefficient (Wildman–Crippen LogP) is 4.15. The average molecular weight is 529 g/mol. The molecule has 2 unspecified atom stereocenters. The molecule has 4 N–H and O–H groups in total. The first-order valence-electron chi connectivity index (χ1n) is 13.8. The lowest BCUT2D eigenvalue weighted by atomic mass is 9.63. The Kier molecular flexibility index (Phi) is 10.8. The lowest BCUT2D eigenvalue weighted by molar-refractivity contribution is -0.121. The zero-order chi connectivity index (χ0) is 27.8. The van der Waals surface area contributed by atoms with Crippen molar-refractivity contribution in [3.8, 4) is 11.5 Å². The highest BCUT2D eigenvalue weighted by atomic mass is 16.5. The molecule has 8 nitrogen and oxygen atoms in total. The molecule has 8 heteroatoms. The van der Waals surface area contributed by atoms with Crippen LogP contribution in [-0.4, -0.2) is 77.8 Å². The molecule has 0 radical (unpaired) electrons. The molecule has 0 aromatic heterocycles. The quantitative estimate of drug-likeness (QED) is 0.255. The fraction of sp³-hybridized carbons (Fsp3) is 0.567. The molecule has 0 spiro atoms. The minimum absolute atomic E-state index is 0.0477. The van der Waals surface area contributed by atoms with E-state index in [0.29, 0.717) is 25.4 Å². The molecular formula is C30H44N2O6. The van der Waals surface area contributed by atoms with Gasteiger partial charge in [0.25, 0.3) is 0 Å². The molecule has 3 rings (SSSR count). The molecule has 210 valence electrons. The van der Waals surface area contributed by atoms with Crippen molar-refractivity contribution in [2.45, 2.75) is 71.0 Å². The van der Waals surface area contributed by atoms with Crippen molar-refractivity contribution >= 4 is 17.2 Å². The van der Waals surface area contributed by atoms with Gasteiger partial charge in [0.15, 0.2) is 5.78 Å². The van der Waals surface area contributed by atoms with Crippen molar-refractivity contribution in [3.63, 3.8) is 0 Å². The molecule has 1 aliphatic rings. The molecule has 2 aromatic carbocycles. The molecule has 1 fully saturated rings. The Labute approximate surface area is 226 Å². The summed E-state index contributed by atoms with van der Waals surface area (Å²) in [6, 6.07) is 11.0. The zero-order valence-electron chi connectivity index (χ0n) is 23.1. The van der Waals surface area contributed by atoms with Crippen LogP contribution < -0.4 is 9.80 Å². The highest BCUT2D eigenvalue weighted by Crippen LogP contribution is 2.53. The summed E-state index contributed by atoms with van der Waals surface area (Å²) in [6.07, 6.45) is 1.05. The van der Waals surface area contributed by atoms with E-state index in [2.05, 4.69) is 18.7 Å². The highest BCUT2D eigenvalue weighted by molar-refractivity contribution is 5.76. The van der Waals surface area contributed by atoms with E-state index in [1.165, 1.54) is 6.92 Å². The van der Waals surface area contributed by atoms with Crippen molar-refractivity contribution in [1.29, 1.82) is 0 Å². The van der Waals surface area contributed by atoms with Crippen molar-refractivity contribution in [2.24, 2.45) is 0 Å². The van der Waals surface area contributed by atoms with E-state index in [1.54, 1.807) is 12.1 Å². The number of ether oxygens (including phenoxy) is 1. The molecule has 0 heterocycles. The number of aromatic hydroxyl groups is 2. The number of rotatable bonds is 15. The van der Waals surface area contributed by atoms with E-state index in [1.807, 2.05) is 36.1 Å². The molecule has 0 bridgehead atoms. The zero-order valence-corrected chi connectivity index (χ0v) is 23.1. The van der Waals surface area contributed by atoms with Gasteiger partial charge in [0.2, 0.25) is 0 Å². The van der Waals surface area contributed by atoms with Gasteiger partial charge >= 0.3 is 0 Å². The molecular weight excluding hydrogens is 484 g/mol. The second-order valence-corrected chi connectivity index (χ2v) is 10.3. The smallest absolute Gasteiger partial charge is 0.155 e. The summed E-state index contributed by atoms with van der Waals surface area (Å²) >= 11 is 0. The Morgan fingerprint density at radius 2 is 1.29 bits per heavy atom. The van der Waals surface area contributed by atoms with Crippen molar-refractivity contribution in [1.82, 2.24) is 0 Å². The first kappa shape index (κ1) is 29.7. The van der Waals surface area contributed by atoms with E-state index in [4.69, 9.17) is 4.74 Å². The van der Waals surface area contributed by atoms with Crippen LogP contribution in [0.25, 0.3) is 0 Å². The van der Waals surface area contributed by atoms with Gasteiger partial charge in [-0.2, -0.15) is 0 Å². The van der Waals surface area contributed by atoms with Crippen LogP contribution in [0.5, 0.6) is 11.5 Å². The van der Waals surface area contributed by atoms with Crippen molar-refractivity contribution < 1.29 is 30.0 Å². The Morgan fingerprint density at radius 3 is 1.76 bits per heavy atom. The molecule has 2 aromatic rings. The molecule has 2 atom stereocenters. The lowest BCUT2D eigenvalue weighted by Gasteiger charge is -2.47. The van der Waals surface area contributed by atoms with Gasteiger partial charge in [-0.15, -0.1) is 0 Å². The minimum atomic E-state index is -0.951. The monoisotopic (exact) mass is 528 g/mol. The number of phenols is 2. The van der Waals surface area contributed by atoms with E-state index >= 15 is 0 Å². The fourth-order valence-electron chi connectivity index (χ4n) is 5.42. The summed E-state index contributed by atoms with van der Waals surface area (Å²) in [6.45, 7) is 11.3. The maximum atomic E-state index is 11.1. The summed E-state index contributed by atoms with van der Waals surface area (Å²) in [7, 11) is 0. The third kappa shape index (κ3) is 6.79. The van der Waals surface area contributed by atoms with Gasteiger partial charge in [0, 0.05) is 67.1 Å². The summed E-state index contributed by atoms with van der Waals surface area (Å²) in [5, 5.41) is 43.8. The average Bonchev–Trinajstić information content (AvgIpc) is 2.88. The van der Waals surface area contributed by atoms with E-state index in [0.717, 1.165) is 43.6 Å². The number of nitrogens with zero attached hydrogens (tertiary/aromatic N) is 2. The van der Waals surface area contributed by atoms with Gasteiger partial charge in [-0.25, -0.2) is 0 Å². The standard InChI is InChI=1S/C30H44N2O6/c1-5-12-31(13-6-2)22-10-8-21(9-11-22)26-29(36)28(30(26)37)27-24(34)17-23(18-25(27)35)32(14-7-3)15-16-38-19-20(4)33/h8-11,17-18,26,28-30,34-37H,5-7,12-16,19H2,1-4H3. The summed E-state index contributed by atoms with van der Waals surface area (Å²) in [5.74, 6) is -1.69. The predicted molar refractivity (Wildman–Crippen MR) is 151 cm³/mol. The van der Waals surface area contributed by atoms with Gasteiger partial charge in [0.05, 0.1) is 18.8 Å². The Hall–Kier alpha value is -2.81. The van der Waals surface area contributed by atoms with Crippen LogP contribution in [0.3, 0.4) is 0 Å². The van der Waals surface area contributed by atoms with Crippen LogP contribution in [0.15, 0.2) is 36.4 Å². The van der Waals surface area contributed by atoms with E-state index in [9.17, 15) is 25.2 Å². The van der Waals surface area contributed by atoms with Crippen molar-refractivity contribution in [2.75, 3.05) is 49.2 Å². The number of phenolic OH excluding ortho intramolecular Hbond substituents is 2. The maximum Gasteiger partial charge on any atom is 0.155 e. The number of hydrogen-bond acceptors (Lipinski definition) is 8. The molecule has 0 saturated heterocycles. The molecule has 38 heavy (non-hydrogen) atoms. The lowest BCUT2D eigenvalue weighted by Crippen LogP contribution is -2.51. The number of hydrogen-bond donors (Lipinski definition) is 4. The molecule has 1 saturated carbocycles. The third-order valence-corrected chi connectivity index (χ3v) is 7.23. The van der Waals surface area contributed by atoms with Crippen LogP contribution in [0.1, 0.15) is 69.9 Å². The maximum absolute atomic E-state index is 11.1. The normalized spacial score (nSPS) is 20.7. The summed E-state index contributed by atoms with van der Waals surface area (Å²) in [5.41, 5.74) is 2.71. The van der Waals surface area contributed by atoms with E-state index < -0.39 is 24.0 Å². The summed E-state index contributed by atoms with van der Waals surface area (Å²) in [4.78, 5) is 15.4. The Morgan fingerprint density at radius 1 is 0.789 bits per heavy atom. The van der Waals surface area contributed by atoms with Crippen LogP contribution in [0.4, 0.5) is 11.4 Å². The van der Waals surface area contributed by atoms with Crippen LogP contribution in [-0.2, 0) is 9.53 Å². The number of carbonyl (C=O) groups excluding carboxylic acids is 1. The fourth-order valence-corrected chi connectivity index (χ4v) is 5.42. The number of aliphatic hydroxyl groups is 2. The molecule has 0 amide bonds.